The molecule has 0 saturated carbocycles. The summed E-state index contributed by atoms with van der Waals surface area (Å²) in [5.74, 6) is 0.994. The van der Waals surface area contributed by atoms with Crippen LogP contribution < -0.4 is 19.9 Å². The Labute approximate surface area is 99.8 Å². The quantitative estimate of drug-likeness (QED) is 0.781. The van der Waals surface area contributed by atoms with Crippen molar-refractivity contribution < 1.29 is 19.0 Å². The number of carbonyl (C=O) groups excluding carboxylic acids is 1. The molecule has 0 saturated heterocycles. The Morgan fingerprint density at radius 1 is 1.12 bits per heavy atom. The highest BCUT2D eigenvalue weighted by Gasteiger charge is 2.13. The van der Waals surface area contributed by atoms with E-state index in [4.69, 9.17) is 19.9 Å². The second-order valence-electron chi connectivity index (χ2n) is 3.16. The van der Waals surface area contributed by atoms with Crippen LogP contribution in [-0.4, -0.2) is 27.2 Å². The molecule has 17 heavy (non-hydrogen) atoms. The first-order valence-corrected chi connectivity index (χ1v) is 4.90. The molecule has 0 heterocycles. The lowest BCUT2D eigenvalue weighted by atomic mass is 10.1. The number of ether oxygens (including phenoxy) is 3. The summed E-state index contributed by atoms with van der Waals surface area (Å²) in [4.78, 5) is 10.7. The maximum atomic E-state index is 10.7. The second kappa shape index (κ2) is 5.79. The molecule has 0 fully saturated rings. The van der Waals surface area contributed by atoms with Crippen LogP contribution in [0.5, 0.6) is 17.2 Å². The monoisotopic (exact) mass is 237 g/mol. The predicted molar refractivity (Wildman–Crippen MR) is 64.3 cm³/mol. The van der Waals surface area contributed by atoms with Gasteiger partial charge in [-0.3, -0.25) is 4.79 Å². The van der Waals surface area contributed by atoms with Gasteiger partial charge in [0.1, 0.15) is 0 Å². The van der Waals surface area contributed by atoms with E-state index >= 15 is 0 Å². The van der Waals surface area contributed by atoms with Crippen molar-refractivity contribution in [2.45, 2.75) is 0 Å². The molecule has 92 valence electrons. The number of primary amides is 1. The van der Waals surface area contributed by atoms with E-state index in [0.717, 1.165) is 0 Å². The summed E-state index contributed by atoms with van der Waals surface area (Å²) in [5.41, 5.74) is 5.72. The van der Waals surface area contributed by atoms with Gasteiger partial charge in [-0.25, -0.2) is 0 Å². The van der Waals surface area contributed by atoms with Crippen LogP contribution in [0.3, 0.4) is 0 Å². The van der Waals surface area contributed by atoms with Crippen LogP contribution in [-0.2, 0) is 4.79 Å². The molecule has 0 atom stereocenters. The Morgan fingerprint density at radius 3 is 2.24 bits per heavy atom. The Kier molecular flexibility index (Phi) is 4.39. The molecule has 2 N–H and O–H groups in total. The summed E-state index contributed by atoms with van der Waals surface area (Å²) < 4.78 is 15.6. The predicted octanol–water partition coefficient (Wildman–Crippen LogP) is 1.21. The topological polar surface area (TPSA) is 70.8 Å². The highest BCUT2D eigenvalue weighted by atomic mass is 16.5. The molecular formula is C12H15NO4. The summed E-state index contributed by atoms with van der Waals surface area (Å²) in [6, 6.07) is 3.47. The zero-order valence-corrected chi connectivity index (χ0v) is 10.0. The van der Waals surface area contributed by atoms with E-state index in [9.17, 15) is 4.79 Å². The van der Waals surface area contributed by atoms with Crippen LogP contribution >= 0.6 is 0 Å². The van der Waals surface area contributed by atoms with E-state index in [-0.39, 0.29) is 0 Å². The van der Waals surface area contributed by atoms with E-state index in [0.29, 0.717) is 22.8 Å². The van der Waals surface area contributed by atoms with Gasteiger partial charge in [-0.05, 0) is 18.2 Å². The normalized spacial score (nSPS) is 10.3. The van der Waals surface area contributed by atoms with Crippen molar-refractivity contribution >= 4 is 12.0 Å². The number of nitrogens with two attached hydrogens (primary N) is 1. The Morgan fingerprint density at radius 2 is 1.76 bits per heavy atom. The average molecular weight is 237 g/mol. The van der Waals surface area contributed by atoms with Crippen LogP contribution in [0.15, 0.2) is 18.2 Å². The molecule has 5 nitrogen and oxygen atoms in total. The minimum Gasteiger partial charge on any atom is -0.493 e. The Balaban J connectivity index is 3.28. The Bertz CT molecular complexity index is 440. The van der Waals surface area contributed by atoms with Gasteiger partial charge in [-0.15, -0.1) is 0 Å². The van der Waals surface area contributed by atoms with Crippen LogP contribution in [0.4, 0.5) is 0 Å². The van der Waals surface area contributed by atoms with Crippen LogP contribution in [0, 0.1) is 0 Å². The molecule has 0 aliphatic rings. The Hall–Kier alpha value is -2.17. The summed E-state index contributed by atoms with van der Waals surface area (Å²) in [6.07, 6.45) is 2.81. The van der Waals surface area contributed by atoms with Crippen molar-refractivity contribution in [3.05, 3.63) is 23.8 Å². The van der Waals surface area contributed by atoms with Crippen molar-refractivity contribution in [3.8, 4) is 17.2 Å². The standard InChI is InChI=1S/C12H15NO4/c1-15-9-6-4-8(5-7-10(13)14)11(16-2)12(9)17-3/h4-7H,1-3H3,(H2,13,14). The van der Waals surface area contributed by atoms with Crippen molar-refractivity contribution in [2.75, 3.05) is 21.3 Å². The molecule has 0 spiro atoms. The first-order chi connectivity index (χ1) is 8.13. The molecule has 0 aromatic heterocycles. The third kappa shape index (κ3) is 2.90. The fraction of sp³-hybridized carbons (Fsp3) is 0.250. The van der Waals surface area contributed by atoms with Gasteiger partial charge < -0.3 is 19.9 Å². The zero-order valence-electron chi connectivity index (χ0n) is 10.0. The molecule has 1 aromatic rings. The molecule has 0 aliphatic heterocycles. The zero-order chi connectivity index (χ0) is 12.8. The fourth-order valence-corrected chi connectivity index (χ4v) is 1.43. The molecule has 0 radical (unpaired) electrons. The molecule has 5 heteroatoms. The highest BCUT2D eigenvalue weighted by Crippen LogP contribution is 2.40. The minimum absolute atomic E-state index is 0.474. The molecule has 1 amide bonds. The molecule has 1 aromatic carbocycles. The number of hydrogen-bond donors (Lipinski definition) is 1. The second-order valence-corrected chi connectivity index (χ2v) is 3.16. The SMILES string of the molecule is COc1ccc(C=CC(N)=O)c(OC)c1OC. The minimum atomic E-state index is -0.526. The van der Waals surface area contributed by atoms with Crippen LogP contribution in [0.25, 0.3) is 6.08 Å². The van der Waals surface area contributed by atoms with E-state index in [2.05, 4.69) is 0 Å². The average Bonchev–Trinajstić information content (AvgIpc) is 2.34. The maximum absolute atomic E-state index is 10.7. The van der Waals surface area contributed by atoms with Gasteiger partial charge in [0.25, 0.3) is 0 Å². The van der Waals surface area contributed by atoms with Crippen molar-refractivity contribution in [1.29, 1.82) is 0 Å². The molecule has 0 bridgehead atoms. The van der Waals surface area contributed by atoms with Crippen molar-refractivity contribution in [1.82, 2.24) is 0 Å². The van der Waals surface area contributed by atoms with Crippen LogP contribution in [0.2, 0.25) is 0 Å². The third-order valence-electron chi connectivity index (χ3n) is 2.16. The molecule has 0 aliphatic carbocycles. The summed E-state index contributed by atoms with van der Waals surface area (Å²) in [6.45, 7) is 0. The number of benzene rings is 1. The first-order valence-electron chi connectivity index (χ1n) is 4.90. The summed E-state index contributed by atoms with van der Waals surface area (Å²) in [7, 11) is 4.57. The van der Waals surface area contributed by atoms with Gasteiger partial charge in [0.15, 0.2) is 11.5 Å². The molecular weight excluding hydrogens is 222 g/mol. The maximum Gasteiger partial charge on any atom is 0.241 e. The number of methoxy groups -OCH3 is 3. The number of carbonyl (C=O) groups is 1. The van der Waals surface area contributed by atoms with Gasteiger partial charge in [0.05, 0.1) is 21.3 Å². The van der Waals surface area contributed by atoms with Crippen molar-refractivity contribution in [2.24, 2.45) is 5.73 Å². The van der Waals surface area contributed by atoms with Gasteiger partial charge in [-0.1, -0.05) is 0 Å². The van der Waals surface area contributed by atoms with Crippen LogP contribution in [0.1, 0.15) is 5.56 Å². The fourth-order valence-electron chi connectivity index (χ4n) is 1.43. The van der Waals surface area contributed by atoms with E-state index < -0.39 is 5.91 Å². The van der Waals surface area contributed by atoms with Crippen molar-refractivity contribution in [3.63, 3.8) is 0 Å². The van der Waals surface area contributed by atoms with Gasteiger partial charge >= 0.3 is 0 Å². The lowest BCUT2D eigenvalue weighted by Gasteiger charge is -2.13. The molecule has 1 rings (SSSR count). The summed E-state index contributed by atoms with van der Waals surface area (Å²) >= 11 is 0. The number of hydrogen-bond acceptors (Lipinski definition) is 4. The number of amides is 1. The van der Waals surface area contributed by atoms with Gasteiger partial charge in [-0.2, -0.15) is 0 Å². The number of rotatable bonds is 5. The lowest BCUT2D eigenvalue weighted by molar-refractivity contribution is -0.113. The van der Waals surface area contributed by atoms with Gasteiger partial charge in [0, 0.05) is 11.6 Å². The molecule has 0 unspecified atom stereocenters. The highest BCUT2D eigenvalue weighted by molar-refractivity contribution is 5.91. The largest absolute Gasteiger partial charge is 0.493 e. The van der Waals surface area contributed by atoms with E-state index in [1.165, 1.54) is 27.4 Å². The van der Waals surface area contributed by atoms with E-state index in [1.54, 1.807) is 18.2 Å². The lowest BCUT2D eigenvalue weighted by Crippen LogP contribution is -2.05. The summed E-state index contributed by atoms with van der Waals surface area (Å²) in [5, 5.41) is 0. The van der Waals surface area contributed by atoms with Gasteiger partial charge in [0.2, 0.25) is 11.7 Å². The first kappa shape index (κ1) is 12.9. The smallest absolute Gasteiger partial charge is 0.241 e. The van der Waals surface area contributed by atoms with E-state index in [1.807, 2.05) is 0 Å². The third-order valence-corrected chi connectivity index (χ3v) is 2.16.